The molecule has 3 N–H and O–H groups in total. The summed E-state index contributed by atoms with van der Waals surface area (Å²) in [6.07, 6.45) is 3.56. The topological polar surface area (TPSA) is 70.2 Å². The number of carbonyl (C=O) groups excluding carboxylic acids is 2. The lowest BCUT2D eigenvalue weighted by molar-refractivity contribution is -0.124. The Bertz CT molecular complexity index is 542. The highest BCUT2D eigenvalue weighted by molar-refractivity contribution is 6.00. The van der Waals surface area contributed by atoms with Crippen LogP contribution in [0, 0.1) is 0 Å². The summed E-state index contributed by atoms with van der Waals surface area (Å²) in [5.74, 6) is -0.222. The van der Waals surface area contributed by atoms with Gasteiger partial charge in [0.05, 0.1) is 0 Å². The first kappa shape index (κ1) is 13.0. The third-order valence-electron chi connectivity index (χ3n) is 3.93. The van der Waals surface area contributed by atoms with E-state index < -0.39 is 6.04 Å². The van der Waals surface area contributed by atoms with E-state index in [1.807, 2.05) is 18.2 Å². The number of carbonyl (C=O) groups is 2. The molecule has 2 aliphatic heterocycles. The van der Waals surface area contributed by atoms with Gasteiger partial charge in [-0.25, -0.2) is 0 Å². The van der Waals surface area contributed by atoms with Crippen LogP contribution in [0.4, 0.5) is 5.69 Å². The predicted octanol–water partition coefficient (Wildman–Crippen LogP) is 1.05. The Balaban J connectivity index is 1.78. The molecule has 0 aromatic heterocycles. The Hall–Kier alpha value is -2.04. The highest BCUT2D eigenvalue weighted by Crippen LogP contribution is 2.25. The highest BCUT2D eigenvalue weighted by Gasteiger charge is 2.25. The van der Waals surface area contributed by atoms with Gasteiger partial charge in [0.1, 0.15) is 6.04 Å². The van der Waals surface area contributed by atoms with Gasteiger partial charge in [-0.15, -0.1) is 0 Å². The molecule has 1 aromatic carbocycles. The summed E-state index contributed by atoms with van der Waals surface area (Å²) in [6.45, 7) is 1.65. The zero-order valence-corrected chi connectivity index (χ0v) is 11.4. The first-order chi connectivity index (χ1) is 9.75. The van der Waals surface area contributed by atoms with Crippen LogP contribution in [0.5, 0.6) is 0 Å². The van der Waals surface area contributed by atoms with Crippen molar-refractivity contribution in [1.82, 2.24) is 10.6 Å². The van der Waals surface area contributed by atoms with Crippen molar-refractivity contribution in [1.29, 1.82) is 0 Å². The van der Waals surface area contributed by atoms with E-state index in [0.29, 0.717) is 18.5 Å². The molecule has 5 nitrogen and oxygen atoms in total. The molecule has 3 rings (SSSR count). The molecule has 2 aliphatic rings. The van der Waals surface area contributed by atoms with Crippen LogP contribution in [-0.4, -0.2) is 30.9 Å². The summed E-state index contributed by atoms with van der Waals surface area (Å²) in [6, 6.07) is 5.32. The molecule has 0 aliphatic carbocycles. The van der Waals surface area contributed by atoms with Gasteiger partial charge in [-0.05, 0) is 43.4 Å². The Kier molecular flexibility index (Phi) is 3.58. The summed E-state index contributed by atoms with van der Waals surface area (Å²) < 4.78 is 0. The Morgan fingerprint density at radius 2 is 2.05 bits per heavy atom. The molecule has 1 atom stereocenters. The Morgan fingerprint density at radius 1 is 1.20 bits per heavy atom. The number of hydrogen-bond acceptors (Lipinski definition) is 3. The number of hydrogen-bond donors (Lipinski definition) is 3. The van der Waals surface area contributed by atoms with Crippen LogP contribution in [0.1, 0.15) is 35.2 Å². The molecule has 1 fully saturated rings. The molecule has 0 radical (unpaired) electrons. The molecule has 0 bridgehead atoms. The molecule has 1 saturated heterocycles. The van der Waals surface area contributed by atoms with Crippen molar-refractivity contribution in [3.8, 4) is 0 Å². The van der Waals surface area contributed by atoms with Crippen LogP contribution in [0.25, 0.3) is 0 Å². The maximum atomic E-state index is 12.4. The molecule has 1 unspecified atom stereocenters. The van der Waals surface area contributed by atoms with Crippen molar-refractivity contribution in [2.75, 3.05) is 18.4 Å². The minimum Gasteiger partial charge on any atom is -0.385 e. The molecule has 1 aromatic rings. The van der Waals surface area contributed by atoms with Crippen LogP contribution < -0.4 is 16.0 Å². The molecular formula is C15H19N3O2. The van der Waals surface area contributed by atoms with E-state index in [0.717, 1.165) is 37.1 Å². The van der Waals surface area contributed by atoms with Crippen LogP contribution in [0.3, 0.4) is 0 Å². The van der Waals surface area contributed by atoms with E-state index in [1.54, 1.807) is 0 Å². The summed E-state index contributed by atoms with van der Waals surface area (Å²) in [5.41, 5.74) is 2.79. The van der Waals surface area contributed by atoms with Gasteiger partial charge in [0.15, 0.2) is 0 Å². The van der Waals surface area contributed by atoms with Crippen LogP contribution >= 0.6 is 0 Å². The second kappa shape index (κ2) is 5.53. The van der Waals surface area contributed by atoms with Crippen molar-refractivity contribution < 1.29 is 9.59 Å². The fourth-order valence-electron chi connectivity index (χ4n) is 2.87. The fraction of sp³-hybridized carbons (Fsp3) is 0.467. The standard InChI is InChI=1S/C15H19N3O2/c19-14(18-13-7-3-9-17-15(13)20)11-4-1-6-12-10(11)5-2-8-16-12/h1,4,6,13,16H,2-3,5,7-9H2,(H,17,20)(H,18,19). The molecule has 5 heteroatoms. The first-order valence-corrected chi connectivity index (χ1v) is 7.20. The SMILES string of the molecule is O=C(NC1CCCNC1=O)c1cccc2c1CCCN2. The van der Waals surface area contributed by atoms with Gasteiger partial charge in [-0.3, -0.25) is 9.59 Å². The largest absolute Gasteiger partial charge is 0.385 e. The van der Waals surface area contributed by atoms with E-state index in [9.17, 15) is 9.59 Å². The normalized spacial score (nSPS) is 21.4. The number of rotatable bonds is 2. The fourth-order valence-corrected chi connectivity index (χ4v) is 2.87. The molecule has 2 amide bonds. The van der Waals surface area contributed by atoms with E-state index in [1.165, 1.54) is 0 Å². The lowest BCUT2D eigenvalue weighted by Gasteiger charge is -2.24. The van der Waals surface area contributed by atoms with Gasteiger partial charge in [-0.2, -0.15) is 0 Å². The maximum Gasteiger partial charge on any atom is 0.252 e. The van der Waals surface area contributed by atoms with E-state index in [4.69, 9.17) is 0 Å². The van der Waals surface area contributed by atoms with Crippen molar-refractivity contribution in [3.05, 3.63) is 29.3 Å². The maximum absolute atomic E-state index is 12.4. The van der Waals surface area contributed by atoms with Crippen molar-refractivity contribution >= 4 is 17.5 Å². The van der Waals surface area contributed by atoms with Gasteiger partial charge < -0.3 is 16.0 Å². The molecular weight excluding hydrogens is 254 g/mol. The minimum absolute atomic E-state index is 0.0764. The minimum atomic E-state index is -0.399. The molecule has 20 heavy (non-hydrogen) atoms. The smallest absolute Gasteiger partial charge is 0.252 e. The van der Waals surface area contributed by atoms with E-state index in [2.05, 4.69) is 16.0 Å². The third kappa shape index (κ3) is 2.48. The number of fused-ring (bicyclic) bond motifs is 1. The molecule has 0 spiro atoms. The molecule has 0 saturated carbocycles. The summed E-state index contributed by atoms with van der Waals surface area (Å²) in [5, 5.41) is 8.95. The number of nitrogens with one attached hydrogen (secondary N) is 3. The second-order valence-corrected chi connectivity index (χ2v) is 5.32. The number of piperidine rings is 1. The summed E-state index contributed by atoms with van der Waals surface area (Å²) in [4.78, 5) is 24.1. The van der Waals surface area contributed by atoms with E-state index in [-0.39, 0.29) is 11.8 Å². The quantitative estimate of drug-likeness (QED) is 0.754. The Morgan fingerprint density at radius 3 is 2.90 bits per heavy atom. The third-order valence-corrected chi connectivity index (χ3v) is 3.93. The van der Waals surface area contributed by atoms with Crippen molar-refractivity contribution in [3.63, 3.8) is 0 Å². The summed E-state index contributed by atoms with van der Waals surface area (Å²) in [7, 11) is 0. The van der Waals surface area contributed by atoms with Crippen LogP contribution in [-0.2, 0) is 11.2 Å². The van der Waals surface area contributed by atoms with Crippen LogP contribution in [0.2, 0.25) is 0 Å². The van der Waals surface area contributed by atoms with Gasteiger partial charge in [0.25, 0.3) is 5.91 Å². The number of benzene rings is 1. The zero-order valence-electron chi connectivity index (χ0n) is 11.4. The number of anilines is 1. The van der Waals surface area contributed by atoms with E-state index >= 15 is 0 Å². The lowest BCUT2D eigenvalue weighted by atomic mass is 9.96. The zero-order chi connectivity index (χ0) is 13.9. The lowest BCUT2D eigenvalue weighted by Crippen LogP contribution is -2.50. The monoisotopic (exact) mass is 273 g/mol. The van der Waals surface area contributed by atoms with Gasteiger partial charge in [-0.1, -0.05) is 6.07 Å². The summed E-state index contributed by atoms with van der Waals surface area (Å²) >= 11 is 0. The van der Waals surface area contributed by atoms with Crippen molar-refractivity contribution in [2.45, 2.75) is 31.7 Å². The Labute approximate surface area is 118 Å². The van der Waals surface area contributed by atoms with Gasteiger partial charge in [0.2, 0.25) is 5.91 Å². The molecule has 106 valence electrons. The highest BCUT2D eigenvalue weighted by atomic mass is 16.2. The number of amides is 2. The molecule has 2 heterocycles. The second-order valence-electron chi connectivity index (χ2n) is 5.32. The van der Waals surface area contributed by atoms with Crippen LogP contribution in [0.15, 0.2) is 18.2 Å². The predicted molar refractivity (Wildman–Crippen MR) is 76.8 cm³/mol. The first-order valence-electron chi connectivity index (χ1n) is 7.20. The van der Waals surface area contributed by atoms with Crippen molar-refractivity contribution in [2.24, 2.45) is 0 Å². The average Bonchev–Trinajstić information content (AvgIpc) is 2.49. The van der Waals surface area contributed by atoms with Gasteiger partial charge in [0, 0.05) is 24.3 Å². The average molecular weight is 273 g/mol. The van der Waals surface area contributed by atoms with Gasteiger partial charge >= 0.3 is 0 Å².